The van der Waals surface area contributed by atoms with E-state index in [-0.39, 0.29) is 43.5 Å². The van der Waals surface area contributed by atoms with E-state index in [0.717, 1.165) is 32.1 Å². The molecule has 1 aromatic carbocycles. The second-order valence-electron chi connectivity index (χ2n) is 11.5. The quantitative estimate of drug-likeness (QED) is 0.421. The number of anilines is 1. The first kappa shape index (κ1) is 34.9. The maximum Gasteiger partial charge on any atom is 0.258 e. The van der Waals surface area contributed by atoms with Crippen molar-refractivity contribution in [2.45, 2.75) is 71.1 Å². The third-order valence-corrected chi connectivity index (χ3v) is 8.63. The van der Waals surface area contributed by atoms with Crippen LogP contribution < -0.4 is 10.1 Å². The van der Waals surface area contributed by atoms with Crippen molar-refractivity contribution in [3.8, 4) is 5.75 Å². The second kappa shape index (κ2) is 16.4. The Balaban J connectivity index is 2.43. The standard InChI is InChI=1S/C29H50N4O7S/c1-21-18-33(22(2)20-34)29(36)25-17-24(30-28(35)12-10-15-31(4)5)13-14-26(25)40-23(3)11-8-9-16-39-27(21)19-32(6)41(7,37)38/h13-14,17,21-23,27,34H,8-12,15-16,18-20H2,1-7H3,(H,30,35)/t21-,22-,23+,27-/m0/s1. The summed E-state index contributed by atoms with van der Waals surface area (Å²) >= 11 is 0. The Morgan fingerprint density at radius 2 is 1.93 bits per heavy atom. The van der Waals surface area contributed by atoms with E-state index in [4.69, 9.17) is 9.47 Å². The third kappa shape index (κ3) is 11.5. The lowest BCUT2D eigenvalue weighted by Crippen LogP contribution is -2.47. The van der Waals surface area contributed by atoms with Crippen molar-refractivity contribution in [1.82, 2.24) is 14.1 Å². The minimum Gasteiger partial charge on any atom is -0.490 e. The number of nitrogens with one attached hydrogen (secondary N) is 1. The van der Waals surface area contributed by atoms with Crippen LogP contribution in [0.2, 0.25) is 0 Å². The van der Waals surface area contributed by atoms with Gasteiger partial charge in [-0.25, -0.2) is 12.7 Å². The average molecular weight is 599 g/mol. The van der Waals surface area contributed by atoms with Crippen molar-refractivity contribution in [1.29, 1.82) is 0 Å². The van der Waals surface area contributed by atoms with Crippen LogP contribution in [-0.2, 0) is 19.6 Å². The van der Waals surface area contributed by atoms with Crippen LogP contribution in [0.25, 0.3) is 0 Å². The van der Waals surface area contributed by atoms with Crippen molar-refractivity contribution < 1.29 is 32.6 Å². The third-order valence-electron chi connectivity index (χ3n) is 7.35. The number of nitrogens with zero attached hydrogens (tertiary/aromatic N) is 3. The molecule has 4 atom stereocenters. The SMILES string of the molecule is C[C@@H]1CCCCO[C@@H](CN(C)S(C)(=O)=O)[C@@H](C)CN([C@@H](C)CO)C(=O)c2cc(NC(=O)CCCN(C)C)ccc2O1. The molecule has 2 amide bonds. The first-order valence-electron chi connectivity index (χ1n) is 14.4. The molecule has 12 heteroatoms. The van der Waals surface area contributed by atoms with Crippen LogP contribution in [0.4, 0.5) is 5.69 Å². The van der Waals surface area contributed by atoms with Crippen LogP contribution in [0.3, 0.4) is 0 Å². The predicted molar refractivity (Wildman–Crippen MR) is 161 cm³/mol. The monoisotopic (exact) mass is 598 g/mol. The highest BCUT2D eigenvalue weighted by molar-refractivity contribution is 7.88. The van der Waals surface area contributed by atoms with Gasteiger partial charge in [0.1, 0.15) is 5.75 Å². The van der Waals surface area contributed by atoms with Gasteiger partial charge in [0.25, 0.3) is 5.91 Å². The zero-order valence-electron chi connectivity index (χ0n) is 25.8. The summed E-state index contributed by atoms with van der Waals surface area (Å²) in [5.41, 5.74) is 0.781. The molecule has 0 aliphatic carbocycles. The van der Waals surface area contributed by atoms with Gasteiger partial charge in [0, 0.05) is 44.8 Å². The summed E-state index contributed by atoms with van der Waals surface area (Å²) in [7, 11) is 2.00. The molecule has 0 saturated heterocycles. The number of rotatable bonds is 10. The van der Waals surface area contributed by atoms with Crippen LogP contribution in [0, 0.1) is 5.92 Å². The fourth-order valence-corrected chi connectivity index (χ4v) is 5.05. The van der Waals surface area contributed by atoms with Crippen LogP contribution in [0.1, 0.15) is 63.2 Å². The molecule has 0 bridgehead atoms. The molecule has 1 aromatic rings. The normalized spacial score (nSPS) is 22.1. The van der Waals surface area contributed by atoms with Gasteiger partial charge in [0.15, 0.2) is 0 Å². The Morgan fingerprint density at radius 3 is 2.56 bits per heavy atom. The molecule has 2 rings (SSSR count). The predicted octanol–water partition coefficient (Wildman–Crippen LogP) is 2.65. The number of carbonyl (C=O) groups excluding carboxylic acids is 2. The largest absolute Gasteiger partial charge is 0.490 e. The molecule has 11 nitrogen and oxygen atoms in total. The van der Waals surface area contributed by atoms with Gasteiger partial charge >= 0.3 is 0 Å². The van der Waals surface area contributed by atoms with Crippen LogP contribution in [0.15, 0.2) is 18.2 Å². The number of aliphatic hydroxyl groups is 1. The van der Waals surface area contributed by atoms with Gasteiger partial charge in [0.05, 0.1) is 36.7 Å². The van der Waals surface area contributed by atoms with E-state index in [0.29, 0.717) is 36.4 Å². The van der Waals surface area contributed by atoms with E-state index in [1.54, 1.807) is 30.0 Å². The number of hydrogen-bond donors (Lipinski definition) is 2. The Morgan fingerprint density at radius 1 is 1.22 bits per heavy atom. The molecule has 2 N–H and O–H groups in total. The van der Waals surface area contributed by atoms with E-state index in [2.05, 4.69) is 5.32 Å². The lowest BCUT2D eigenvalue weighted by atomic mass is 10.0. The number of benzene rings is 1. The van der Waals surface area contributed by atoms with Crippen molar-refractivity contribution in [2.24, 2.45) is 5.92 Å². The van der Waals surface area contributed by atoms with Gasteiger partial charge in [-0.05, 0) is 78.4 Å². The fourth-order valence-electron chi connectivity index (χ4n) is 4.63. The summed E-state index contributed by atoms with van der Waals surface area (Å²) in [5.74, 6) is -0.323. The zero-order chi connectivity index (χ0) is 30.7. The second-order valence-corrected chi connectivity index (χ2v) is 13.6. The summed E-state index contributed by atoms with van der Waals surface area (Å²) in [6.45, 7) is 6.97. The van der Waals surface area contributed by atoms with Crippen molar-refractivity contribution in [3.63, 3.8) is 0 Å². The summed E-state index contributed by atoms with van der Waals surface area (Å²) in [5, 5.41) is 13.0. The first-order chi connectivity index (χ1) is 19.2. The lowest BCUT2D eigenvalue weighted by Gasteiger charge is -2.35. The van der Waals surface area contributed by atoms with Crippen LogP contribution in [-0.4, -0.2) is 118 Å². The molecule has 0 radical (unpaired) electrons. The molecule has 234 valence electrons. The highest BCUT2D eigenvalue weighted by atomic mass is 32.2. The highest BCUT2D eigenvalue weighted by Gasteiger charge is 2.31. The summed E-state index contributed by atoms with van der Waals surface area (Å²) in [4.78, 5) is 30.3. The smallest absolute Gasteiger partial charge is 0.258 e. The Bertz CT molecular complexity index is 1100. The number of hydrogen-bond acceptors (Lipinski definition) is 8. The van der Waals surface area contributed by atoms with Gasteiger partial charge in [-0.3, -0.25) is 9.59 Å². The molecule has 0 spiro atoms. The molecule has 0 unspecified atom stereocenters. The molecule has 41 heavy (non-hydrogen) atoms. The van der Waals surface area contributed by atoms with Gasteiger partial charge in [-0.2, -0.15) is 0 Å². The number of carbonyl (C=O) groups is 2. The van der Waals surface area contributed by atoms with Gasteiger partial charge in [0.2, 0.25) is 15.9 Å². The molecule has 1 heterocycles. The lowest BCUT2D eigenvalue weighted by molar-refractivity contribution is -0.116. The minimum atomic E-state index is -3.42. The van der Waals surface area contributed by atoms with Gasteiger partial charge < -0.3 is 29.7 Å². The van der Waals surface area contributed by atoms with Crippen molar-refractivity contribution in [2.75, 3.05) is 65.6 Å². The minimum absolute atomic E-state index is 0.140. The van der Waals surface area contributed by atoms with Gasteiger partial charge in [-0.15, -0.1) is 0 Å². The Hall–Kier alpha value is -2.25. The summed E-state index contributed by atoms with van der Waals surface area (Å²) < 4.78 is 37.9. The van der Waals surface area contributed by atoms with E-state index in [1.807, 2.05) is 32.8 Å². The molecule has 1 aliphatic rings. The highest BCUT2D eigenvalue weighted by Crippen LogP contribution is 2.28. The number of likely N-dealkylation sites (N-methyl/N-ethyl adjacent to an activating group) is 1. The van der Waals surface area contributed by atoms with Crippen molar-refractivity contribution >= 4 is 27.5 Å². The van der Waals surface area contributed by atoms with E-state index < -0.39 is 22.2 Å². The van der Waals surface area contributed by atoms with E-state index in [9.17, 15) is 23.1 Å². The van der Waals surface area contributed by atoms with Crippen molar-refractivity contribution in [3.05, 3.63) is 23.8 Å². The van der Waals surface area contributed by atoms with E-state index in [1.165, 1.54) is 11.4 Å². The number of fused-ring (bicyclic) bond motifs is 1. The van der Waals surface area contributed by atoms with Gasteiger partial charge in [-0.1, -0.05) is 6.92 Å². The zero-order valence-corrected chi connectivity index (χ0v) is 26.6. The molecule has 0 fully saturated rings. The Labute approximate surface area is 246 Å². The molecule has 1 aliphatic heterocycles. The molecular weight excluding hydrogens is 548 g/mol. The Kier molecular flexibility index (Phi) is 14.0. The van der Waals surface area contributed by atoms with E-state index >= 15 is 0 Å². The first-order valence-corrected chi connectivity index (χ1v) is 16.3. The number of aliphatic hydroxyl groups excluding tert-OH is 1. The molecule has 0 aromatic heterocycles. The number of ether oxygens (including phenoxy) is 2. The maximum atomic E-state index is 14.1. The molecular formula is C29H50N4O7S. The topological polar surface area (TPSA) is 129 Å². The fraction of sp³-hybridized carbons (Fsp3) is 0.724. The summed E-state index contributed by atoms with van der Waals surface area (Å²) in [6, 6.07) is 4.55. The molecule has 0 saturated carbocycles. The average Bonchev–Trinajstić information content (AvgIpc) is 2.89. The number of sulfonamides is 1. The number of amides is 2. The van der Waals surface area contributed by atoms with Crippen LogP contribution in [0.5, 0.6) is 5.75 Å². The van der Waals surface area contributed by atoms with Crippen LogP contribution >= 0.6 is 0 Å². The summed E-state index contributed by atoms with van der Waals surface area (Å²) in [6.07, 6.45) is 3.93. The maximum absolute atomic E-state index is 14.1.